The number of nitrogens with zero attached hydrogens (tertiary/aromatic N) is 1. The molecule has 1 heterocycles. The quantitative estimate of drug-likeness (QED) is 0.779. The van der Waals surface area contributed by atoms with E-state index in [1.54, 1.807) is 0 Å². The Labute approximate surface area is 98.3 Å². The van der Waals surface area contributed by atoms with Crippen LogP contribution < -0.4 is 5.32 Å². The minimum absolute atomic E-state index is 0.229. The Hall–Kier alpha value is -0.180. The monoisotopic (exact) mass is 228 g/mol. The van der Waals surface area contributed by atoms with Crippen molar-refractivity contribution >= 4 is 16.9 Å². The molecule has 1 aliphatic rings. The summed E-state index contributed by atoms with van der Waals surface area (Å²) in [5, 5.41) is 5.48. The van der Waals surface area contributed by atoms with Gasteiger partial charge in [0.1, 0.15) is 0 Å². The topological polar surface area (TPSA) is 24.4 Å². The number of aliphatic imine (C=N–C) groups is 1. The molecule has 1 rings (SSSR count). The molecule has 0 saturated heterocycles. The molecule has 1 unspecified atom stereocenters. The summed E-state index contributed by atoms with van der Waals surface area (Å²) in [6, 6.07) is 0. The number of thioether (sulfide) groups is 1. The van der Waals surface area contributed by atoms with Gasteiger partial charge in [0, 0.05) is 10.8 Å². The molecule has 0 aromatic rings. The van der Waals surface area contributed by atoms with Crippen LogP contribution in [0.4, 0.5) is 0 Å². The van der Waals surface area contributed by atoms with Crippen LogP contribution in [0.2, 0.25) is 0 Å². The summed E-state index contributed by atoms with van der Waals surface area (Å²) in [6.07, 6.45) is 4.86. The maximum atomic E-state index is 4.59. The van der Waals surface area contributed by atoms with Crippen molar-refractivity contribution in [3.05, 3.63) is 0 Å². The zero-order valence-electron chi connectivity index (χ0n) is 10.5. The van der Waals surface area contributed by atoms with E-state index < -0.39 is 0 Å². The van der Waals surface area contributed by atoms with Crippen LogP contribution in [0.25, 0.3) is 0 Å². The van der Waals surface area contributed by atoms with Crippen molar-refractivity contribution < 1.29 is 0 Å². The molecular formula is C12H24N2S. The van der Waals surface area contributed by atoms with Crippen LogP contribution in [0.15, 0.2) is 4.99 Å². The smallest absolute Gasteiger partial charge is 0.157 e. The predicted molar refractivity (Wildman–Crippen MR) is 70.7 cm³/mol. The predicted octanol–water partition coefficient (Wildman–Crippen LogP) is 3.43. The largest absolute Gasteiger partial charge is 0.360 e. The third-order valence-corrected chi connectivity index (χ3v) is 4.47. The summed E-state index contributed by atoms with van der Waals surface area (Å²) >= 11 is 1.93. The van der Waals surface area contributed by atoms with E-state index in [0.717, 1.165) is 24.6 Å². The summed E-state index contributed by atoms with van der Waals surface area (Å²) in [7, 11) is 0. The summed E-state index contributed by atoms with van der Waals surface area (Å²) in [5.74, 6) is 0. The lowest BCUT2D eigenvalue weighted by atomic mass is 9.96. The molecule has 15 heavy (non-hydrogen) atoms. The van der Waals surface area contributed by atoms with E-state index in [9.17, 15) is 0 Å². The maximum absolute atomic E-state index is 4.59. The molecule has 0 fully saturated rings. The van der Waals surface area contributed by atoms with Crippen LogP contribution in [0, 0.1) is 0 Å². The third-order valence-electron chi connectivity index (χ3n) is 3.30. The lowest BCUT2D eigenvalue weighted by molar-refractivity contribution is 0.391. The van der Waals surface area contributed by atoms with Gasteiger partial charge >= 0.3 is 0 Å². The van der Waals surface area contributed by atoms with E-state index in [2.05, 4.69) is 38.0 Å². The third kappa shape index (κ3) is 3.71. The summed E-state index contributed by atoms with van der Waals surface area (Å²) < 4.78 is 0. The van der Waals surface area contributed by atoms with Crippen molar-refractivity contribution in [1.82, 2.24) is 5.32 Å². The second-order valence-electron chi connectivity index (χ2n) is 4.57. The van der Waals surface area contributed by atoms with Gasteiger partial charge < -0.3 is 5.32 Å². The van der Waals surface area contributed by atoms with Crippen LogP contribution in [-0.2, 0) is 0 Å². The molecular weight excluding hydrogens is 204 g/mol. The first kappa shape index (κ1) is 12.9. The Morgan fingerprint density at radius 1 is 1.40 bits per heavy atom. The molecule has 0 aromatic heterocycles. The molecule has 2 nitrogen and oxygen atoms in total. The number of rotatable bonds is 5. The van der Waals surface area contributed by atoms with Gasteiger partial charge in [-0.25, -0.2) is 0 Å². The van der Waals surface area contributed by atoms with E-state index in [0.29, 0.717) is 0 Å². The Kier molecular flexibility index (Phi) is 4.97. The fraction of sp³-hybridized carbons (Fsp3) is 0.917. The van der Waals surface area contributed by atoms with Gasteiger partial charge in [-0.2, -0.15) is 0 Å². The zero-order chi connectivity index (χ0) is 11.3. The Bertz CT molecular complexity index is 222. The van der Waals surface area contributed by atoms with Crippen molar-refractivity contribution in [2.24, 2.45) is 4.99 Å². The molecule has 1 atom stereocenters. The van der Waals surface area contributed by atoms with E-state index in [-0.39, 0.29) is 5.54 Å². The van der Waals surface area contributed by atoms with Crippen LogP contribution in [0.5, 0.6) is 0 Å². The lowest BCUT2D eigenvalue weighted by Crippen LogP contribution is -2.43. The minimum Gasteiger partial charge on any atom is -0.360 e. The van der Waals surface area contributed by atoms with Crippen molar-refractivity contribution in [2.45, 2.75) is 64.2 Å². The van der Waals surface area contributed by atoms with Gasteiger partial charge in [-0.05, 0) is 26.2 Å². The Morgan fingerprint density at radius 3 is 2.60 bits per heavy atom. The van der Waals surface area contributed by atoms with E-state index in [1.165, 1.54) is 18.0 Å². The molecule has 1 N–H and O–H groups in total. The van der Waals surface area contributed by atoms with Gasteiger partial charge in [0.15, 0.2) is 5.17 Å². The van der Waals surface area contributed by atoms with E-state index in [1.807, 2.05) is 11.8 Å². The zero-order valence-corrected chi connectivity index (χ0v) is 11.3. The normalized spacial score (nSPS) is 21.6. The highest BCUT2D eigenvalue weighted by Gasteiger charge is 2.25. The highest BCUT2D eigenvalue weighted by molar-refractivity contribution is 8.14. The molecule has 88 valence electrons. The Balaban J connectivity index is 2.41. The number of amidine groups is 1. The molecule has 0 radical (unpaired) electrons. The van der Waals surface area contributed by atoms with E-state index in [4.69, 9.17) is 0 Å². The summed E-state index contributed by atoms with van der Waals surface area (Å²) in [5.41, 5.74) is 0.229. The molecule has 0 spiro atoms. The van der Waals surface area contributed by atoms with Gasteiger partial charge in [-0.15, -0.1) is 0 Å². The average molecular weight is 228 g/mol. The van der Waals surface area contributed by atoms with Gasteiger partial charge in [0.25, 0.3) is 0 Å². The standard InChI is InChI=1S/C12H24N2S/c1-5-8-10-9-13-11(15-10)14-12(4,6-2)7-3/h10H,5-9H2,1-4H3,(H,13,14). The van der Waals surface area contributed by atoms with Gasteiger partial charge in [-0.3, -0.25) is 4.99 Å². The van der Waals surface area contributed by atoms with Gasteiger partial charge in [-0.1, -0.05) is 39.0 Å². The lowest BCUT2D eigenvalue weighted by Gasteiger charge is -2.29. The van der Waals surface area contributed by atoms with Crippen molar-refractivity contribution in [2.75, 3.05) is 6.54 Å². The minimum atomic E-state index is 0.229. The first-order valence-electron chi connectivity index (χ1n) is 6.12. The number of nitrogens with one attached hydrogen (secondary N) is 1. The number of hydrogen-bond acceptors (Lipinski definition) is 3. The molecule has 3 heteroatoms. The number of hydrogen-bond donors (Lipinski definition) is 1. The van der Waals surface area contributed by atoms with Crippen molar-refractivity contribution in [3.63, 3.8) is 0 Å². The van der Waals surface area contributed by atoms with Crippen LogP contribution in [0.3, 0.4) is 0 Å². The fourth-order valence-electron chi connectivity index (χ4n) is 1.64. The van der Waals surface area contributed by atoms with Crippen LogP contribution >= 0.6 is 11.8 Å². The molecule has 0 bridgehead atoms. The molecule has 0 aromatic carbocycles. The molecule has 1 aliphatic heterocycles. The molecule has 0 saturated carbocycles. The van der Waals surface area contributed by atoms with Gasteiger partial charge in [0.2, 0.25) is 0 Å². The molecule has 0 aliphatic carbocycles. The fourth-order valence-corrected chi connectivity index (χ4v) is 2.92. The Morgan fingerprint density at radius 2 is 2.07 bits per heavy atom. The second-order valence-corrected chi connectivity index (χ2v) is 5.86. The van der Waals surface area contributed by atoms with E-state index >= 15 is 0 Å². The summed E-state index contributed by atoms with van der Waals surface area (Å²) in [4.78, 5) is 4.59. The van der Waals surface area contributed by atoms with Crippen LogP contribution in [0.1, 0.15) is 53.4 Å². The van der Waals surface area contributed by atoms with Crippen molar-refractivity contribution in [3.8, 4) is 0 Å². The highest BCUT2D eigenvalue weighted by atomic mass is 32.2. The second kappa shape index (κ2) is 5.78. The SMILES string of the molecule is CCCC1CN=C(NC(C)(CC)CC)S1. The first-order chi connectivity index (χ1) is 7.13. The summed E-state index contributed by atoms with van der Waals surface area (Å²) in [6.45, 7) is 10.0. The first-order valence-corrected chi connectivity index (χ1v) is 7.00. The highest BCUT2D eigenvalue weighted by Crippen LogP contribution is 2.26. The average Bonchev–Trinajstić information content (AvgIpc) is 2.66. The van der Waals surface area contributed by atoms with Crippen molar-refractivity contribution in [1.29, 1.82) is 0 Å². The van der Waals surface area contributed by atoms with Gasteiger partial charge in [0.05, 0.1) is 6.54 Å². The molecule has 0 amide bonds. The maximum Gasteiger partial charge on any atom is 0.157 e. The van der Waals surface area contributed by atoms with Crippen LogP contribution in [-0.4, -0.2) is 22.5 Å².